The molecule has 0 atom stereocenters. The molecule has 0 aliphatic heterocycles. The van der Waals surface area contributed by atoms with Crippen LogP contribution in [0.15, 0.2) is 30.5 Å². The van der Waals surface area contributed by atoms with Crippen LogP contribution in [0.2, 0.25) is 10.0 Å². The van der Waals surface area contributed by atoms with Gasteiger partial charge >= 0.3 is 0 Å². The van der Waals surface area contributed by atoms with Gasteiger partial charge in [0, 0.05) is 17.8 Å². The molecule has 2 aromatic rings. The van der Waals surface area contributed by atoms with E-state index in [0.717, 1.165) is 0 Å². The van der Waals surface area contributed by atoms with E-state index in [-0.39, 0.29) is 12.6 Å². The molecule has 7 heteroatoms. The van der Waals surface area contributed by atoms with Crippen molar-refractivity contribution in [2.75, 3.05) is 6.54 Å². The Morgan fingerprint density at radius 2 is 2.20 bits per heavy atom. The lowest BCUT2D eigenvalue weighted by molar-refractivity contribution is 0.0949. The minimum Gasteiger partial charge on any atom is -0.470 e. The smallest absolute Gasteiger partial charge is 0.271 e. The van der Waals surface area contributed by atoms with Crippen LogP contribution in [-0.4, -0.2) is 22.2 Å². The molecule has 0 aliphatic rings. The summed E-state index contributed by atoms with van der Waals surface area (Å²) in [6.07, 6.45) is 1.66. The quantitative estimate of drug-likeness (QED) is 0.923. The monoisotopic (exact) mass is 313 g/mol. The lowest BCUT2D eigenvalue weighted by Gasteiger charge is -2.08. The zero-order valence-electron chi connectivity index (χ0n) is 10.8. The average molecular weight is 314 g/mol. The van der Waals surface area contributed by atoms with Crippen LogP contribution in [0.3, 0.4) is 0 Å². The van der Waals surface area contributed by atoms with Crippen LogP contribution in [0.1, 0.15) is 17.4 Å². The van der Waals surface area contributed by atoms with Crippen LogP contribution in [-0.2, 0) is 6.73 Å². The summed E-state index contributed by atoms with van der Waals surface area (Å²) in [5.74, 6) is 0.293. The highest BCUT2D eigenvalue weighted by Crippen LogP contribution is 2.27. The van der Waals surface area contributed by atoms with Gasteiger partial charge in [0.25, 0.3) is 5.91 Å². The SMILES string of the molecule is CCNC(=O)c1ccn(COc2ccc(Cl)cc2Cl)n1. The largest absolute Gasteiger partial charge is 0.470 e. The van der Waals surface area contributed by atoms with Crippen molar-refractivity contribution < 1.29 is 9.53 Å². The maximum atomic E-state index is 11.6. The zero-order valence-corrected chi connectivity index (χ0v) is 12.3. The van der Waals surface area contributed by atoms with Crippen molar-refractivity contribution in [3.8, 4) is 5.75 Å². The predicted molar refractivity (Wildman–Crippen MR) is 77.3 cm³/mol. The summed E-state index contributed by atoms with van der Waals surface area (Å²) in [4.78, 5) is 11.6. The second-order valence-electron chi connectivity index (χ2n) is 3.95. The predicted octanol–water partition coefficient (Wildman–Crippen LogP) is 2.98. The van der Waals surface area contributed by atoms with Crippen molar-refractivity contribution >= 4 is 29.1 Å². The van der Waals surface area contributed by atoms with E-state index in [0.29, 0.717) is 28.0 Å². The van der Waals surface area contributed by atoms with Gasteiger partial charge < -0.3 is 10.1 Å². The van der Waals surface area contributed by atoms with Crippen molar-refractivity contribution in [3.63, 3.8) is 0 Å². The highest BCUT2D eigenvalue weighted by Gasteiger charge is 2.08. The number of ether oxygens (including phenoxy) is 1. The van der Waals surface area contributed by atoms with Gasteiger partial charge in [0.15, 0.2) is 6.73 Å². The summed E-state index contributed by atoms with van der Waals surface area (Å²) in [5, 5.41) is 7.74. The molecule has 0 radical (unpaired) electrons. The van der Waals surface area contributed by atoms with E-state index in [2.05, 4.69) is 10.4 Å². The van der Waals surface area contributed by atoms with Crippen LogP contribution in [0.4, 0.5) is 0 Å². The first-order valence-electron chi connectivity index (χ1n) is 5.99. The molecule has 2 rings (SSSR count). The molecule has 5 nitrogen and oxygen atoms in total. The summed E-state index contributed by atoms with van der Waals surface area (Å²) in [5.41, 5.74) is 0.345. The van der Waals surface area contributed by atoms with Gasteiger partial charge in [-0.3, -0.25) is 4.79 Å². The number of carbonyl (C=O) groups is 1. The molecule has 106 valence electrons. The molecule has 1 N–H and O–H groups in total. The number of hydrogen-bond donors (Lipinski definition) is 1. The summed E-state index contributed by atoms with van der Waals surface area (Å²) in [7, 11) is 0. The third kappa shape index (κ3) is 3.65. The molecule has 0 aliphatic carbocycles. The molecular formula is C13H13Cl2N3O2. The van der Waals surface area contributed by atoms with Crippen molar-refractivity contribution in [1.82, 2.24) is 15.1 Å². The Morgan fingerprint density at radius 3 is 2.90 bits per heavy atom. The van der Waals surface area contributed by atoms with E-state index in [4.69, 9.17) is 27.9 Å². The Balaban J connectivity index is 1.99. The third-order valence-corrected chi connectivity index (χ3v) is 2.99. The van der Waals surface area contributed by atoms with E-state index in [1.807, 2.05) is 6.92 Å². The van der Waals surface area contributed by atoms with Crippen LogP contribution in [0.5, 0.6) is 5.75 Å². The highest BCUT2D eigenvalue weighted by atomic mass is 35.5. The second-order valence-corrected chi connectivity index (χ2v) is 4.79. The number of aromatic nitrogens is 2. The average Bonchev–Trinajstić information content (AvgIpc) is 2.87. The molecule has 1 aromatic heterocycles. The number of nitrogens with zero attached hydrogens (tertiary/aromatic N) is 2. The van der Waals surface area contributed by atoms with Crippen LogP contribution in [0.25, 0.3) is 0 Å². The maximum absolute atomic E-state index is 11.6. The Morgan fingerprint density at radius 1 is 1.40 bits per heavy atom. The first-order chi connectivity index (χ1) is 9.60. The number of carbonyl (C=O) groups excluding carboxylic acids is 1. The number of nitrogens with one attached hydrogen (secondary N) is 1. The molecule has 0 saturated carbocycles. The van der Waals surface area contributed by atoms with Gasteiger partial charge in [0.1, 0.15) is 11.4 Å². The maximum Gasteiger partial charge on any atom is 0.271 e. The van der Waals surface area contributed by atoms with E-state index >= 15 is 0 Å². The zero-order chi connectivity index (χ0) is 14.5. The topological polar surface area (TPSA) is 56.2 Å². The Hall–Kier alpha value is -1.72. The van der Waals surface area contributed by atoms with Crippen LogP contribution >= 0.6 is 23.2 Å². The first-order valence-corrected chi connectivity index (χ1v) is 6.75. The van der Waals surface area contributed by atoms with Crippen molar-refractivity contribution in [2.24, 2.45) is 0 Å². The minimum atomic E-state index is -0.212. The summed E-state index contributed by atoms with van der Waals surface area (Å²) in [6.45, 7) is 2.56. The van der Waals surface area contributed by atoms with Crippen molar-refractivity contribution in [2.45, 2.75) is 13.7 Å². The van der Waals surface area contributed by atoms with Gasteiger partial charge in [-0.1, -0.05) is 23.2 Å². The van der Waals surface area contributed by atoms with Crippen molar-refractivity contribution in [3.05, 3.63) is 46.2 Å². The van der Waals surface area contributed by atoms with Crippen molar-refractivity contribution in [1.29, 1.82) is 0 Å². The molecular weight excluding hydrogens is 301 g/mol. The van der Waals surface area contributed by atoms with Gasteiger partial charge in [-0.05, 0) is 31.2 Å². The molecule has 1 aromatic carbocycles. The molecule has 0 saturated heterocycles. The molecule has 0 bridgehead atoms. The molecule has 1 amide bonds. The number of hydrogen-bond acceptors (Lipinski definition) is 3. The fraction of sp³-hybridized carbons (Fsp3) is 0.231. The molecule has 0 unspecified atom stereocenters. The van der Waals surface area contributed by atoms with Gasteiger partial charge in [0.2, 0.25) is 0 Å². The lowest BCUT2D eigenvalue weighted by Crippen LogP contribution is -2.23. The summed E-state index contributed by atoms with van der Waals surface area (Å²) >= 11 is 11.8. The lowest BCUT2D eigenvalue weighted by atomic mass is 10.3. The number of rotatable bonds is 5. The Kier molecular flexibility index (Phi) is 4.87. The molecule has 0 spiro atoms. The number of halogens is 2. The number of amides is 1. The normalized spacial score (nSPS) is 10.3. The Bertz CT molecular complexity index is 613. The summed E-state index contributed by atoms with van der Waals surface area (Å²) in [6, 6.07) is 6.59. The van der Waals surface area contributed by atoms with Gasteiger partial charge in [-0.25, -0.2) is 4.68 Å². The molecule has 1 heterocycles. The minimum absolute atomic E-state index is 0.154. The van der Waals surface area contributed by atoms with Crippen LogP contribution < -0.4 is 10.1 Å². The fourth-order valence-electron chi connectivity index (χ4n) is 1.53. The highest BCUT2D eigenvalue weighted by molar-refractivity contribution is 6.35. The number of benzene rings is 1. The van der Waals surface area contributed by atoms with Gasteiger partial charge in [-0.15, -0.1) is 0 Å². The third-order valence-electron chi connectivity index (χ3n) is 2.46. The summed E-state index contributed by atoms with van der Waals surface area (Å²) < 4.78 is 7.02. The standard InChI is InChI=1S/C13H13Cl2N3O2/c1-2-16-13(19)11-5-6-18(17-11)8-20-12-4-3-9(14)7-10(12)15/h3-7H,2,8H2,1H3,(H,16,19). The van der Waals surface area contributed by atoms with Gasteiger partial charge in [0.05, 0.1) is 5.02 Å². The van der Waals surface area contributed by atoms with E-state index in [9.17, 15) is 4.79 Å². The second kappa shape index (κ2) is 6.63. The first kappa shape index (κ1) is 14.7. The fourth-order valence-corrected chi connectivity index (χ4v) is 2.00. The van der Waals surface area contributed by atoms with E-state index < -0.39 is 0 Å². The van der Waals surface area contributed by atoms with E-state index in [1.165, 1.54) is 4.68 Å². The Labute approximate surface area is 126 Å². The molecule has 20 heavy (non-hydrogen) atoms. The van der Waals surface area contributed by atoms with E-state index in [1.54, 1.807) is 30.5 Å². The van der Waals surface area contributed by atoms with Gasteiger partial charge in [-0.2, -0.15) is 5.10 Å². The molecule has 0 fully saturated rings. The van der Waals surface area contributed by atoms with Crippen LogP contribution in [0, 0.1) is 0 Å².